The van der Waals surface area contributed by atoms with Gasteiger partial charge in [-0.2, -0.15) is 0 Å². The van der Waals surface area contributed by atoms with Gasteiger partial charge < -0.3 is 14.2 Å². The SMILES string of the molecule is CC(C)CCOC(C)(C)c1ccc(C(C)(C)c2ccc(C(C)(C)OCCC(C)(C)OC=O)cc2)cc1. The Morgan fingerprint density at radius 2 is 1.06 bits per heavy atom. The molecule has 2 rings (SSSR count). The molecule has 0 fully saturated rings. The molecule has 0 heterocycles. The van der Waals surface area contributed by atoms with Gasteiger partial charge in [0.2, 0.25) is 0 Å². The first-order valence-corrected chi connectivity index (χ1v) is 13.2. The summed E-state index contributed by atoms with van der Waals surface area (Å²) >= 11 is 0. The predicted octanol–water partition coefficient (Wildman–Crippen LogP) is 7.90. The number of hydrogen-bond donors (Lipinski definition) is 0. The molecule has 0 saturated carbocycles. The Hall–Kier alpha value is -2.17. The Morgan fingerprint density at radius 3 is 1.44 bits per heavy atom. The van der Waals surface area contributed by atoms with Gasteiger partial charge in [0.15, 0.2) is 0 Å². The van der Waals surface area contributed by atoms with Crippen molar-refractivity contribution in [1.82, 2.24) is 0 Å². The molecule has 0 aromatic heterocycles. The highest BCUT2D eigenvalue weighted by Crippen LogP contribution is 2.35. The maximum absolute atomic E-state index is 10.7. The van der Waals surface area contributed by atoms with E-state index in [9.17, 15) is 4.79 Å². The summed E-state index contributed by atoms with van der Waals surface area (Å²) in [4.78, 5) is 10.7. The van der Waals surface area contributed by atoms with Gasteiger partial charge in [-0.1, -0.05) is 76.2 Å². The quantitative estimate of drug-likeness (QED) is 0.249. The summed E-state index contributed by atoms with van der Waals surface area (Å²) in [7, 11) is 0. The molecule has 2 aromatic rings. The second-order valence-electron chi connectivity index (χ2n) is 12.4. The van der Waals surface area contributed by atoms with E-state index in [1.54, 1.807) is 0 Å². The molecule has 4 heteroatoms. The first kappa shape index (κ1) is 30.1. The number of rotatable bonds is 14. The Balaban J connectivity index is 2.09. The molecule has 0 spiro atoms. The third-order valence-corrected chi connectivity index (χ3v) is 7.30. The molecule has 0 amide bonds. The third kappa shape index (κ3) is 8.18. The second kappa shape index (κ2) is 11.9. The van der Waals surface area contributed by atoms with Crippen LogP contribution >= 0.6 is 0 Å². The molecule has 0 unspecified atom stereocenters. The van der Waals surface area contributed by atoms with Gasteiger partial charge in [-0.25, -0.2) is 0 Å². The van der Waals surface area contributed by atoms with Crippen LogP contribution in [0.5, 0.6) is 0 Å². The maximum Gasteiger partial charge on any atom is 0.293 e. The lowest BCUT2D eigenvalue weighted by Crippen LogP contribution is -2.29. The Labute approximate surface area is 219 Å². The zero-order chi connectivity index (χ0) is 27.2. The van der Waals surface area contributed by atoms with Gasteiger partial charge >= 0.3 is 0 Å². The zero-order valence-corrected chi connectivity index (χ0v) is 24.2. The van der Waals surface area contributed by atoms with Crippen molar-refractivity contribution in [3.05, 3.63) is 70.8 Å². The van der Waals surface area contributed by atoms with Crippen molar-refractivity contribution in [2.75, 3.05) is 13.2 Å². The molecule has 4 nitrogen and oxygen atoms in total. The standard InChI is InChI=1S/C32H48O4/c1-24(2)19-21-34-31(7,8)27-15-11-25(12-16-27)30(5,6)26-13-17-28(18-14-26)32(9,10)35-22-20-29(3,4)36-23-33/h11-18,23-24H,19-22H2,1-10H3. The number of hydrogen-bond acceptors (Lipinski definition) is 4. The number of carbonyl (C=O) groups excluding carboxylic acids is 1. The van der Waals surface area contributed by atoms with Gasteiger partial charge in [0, 0.05) is 18.4 Å². The van der Waals surface area contributed by atoms with Crippen LogP contribution in [0.25, 0.3) is 0 Å². The molecule has 200 valence electrons. The molecule has 0 atom stereocenters. The van der Waals surface area contributed by atoms with Gasteiger partial charge in [-0.15, -0.1) is 0 Å². The van der Waals surface area contributed by atoms with Crippen molar-refractivity contribution in [1.29, 1.82) is 0 Å². The summed E-state index contributed by atoms with van der Waals surface area (Å²) in [6.45, 7) is 23.0. The van der Waals surface area contributed by atoms with E-state index in [0.29, 0.717) is 25.4 Å². The van der Waals surface area contributed by atoms with Gasteiger partial charge in [-0.05, 0) is 76.1 Å². The van der Waals surface area contributed by atoms with Crippen LogP contribution in [0.15, 0.2) is 48.5 Å². The van der Waals surface area contributed by atoms with Crippen LogP contribution in [0.4, 0.5) is 0 Å². The Morgan fingerprint density at radius 1 is 0.667 bits per heavy atom. The summed E-state index contributed by atoms with van der Waals surface area (Å²) in [6.07, 6.45) is 1.70. The minimum atomic E-state index is -0.531. The lowest BCUT2D eigenvalue weighted by Gasteiger charge is -2.31. The largest absolute Gasteiger partial charge is 0.462 e. The molecule has 0 bridgehead atoms. The molecule has 0 aliphatic carbocycles. The van der Waals surface area contributed by atoms with Gasteiger partial charge in [0.1, 0.15) is 5.60 Å². The average Bonchev–Trinajstić information content (AvgIpc) is 2.78. The molecule has 0 aliphatic rings. The first-order valence-electron chi connectivity index (χ1n) is 13.2. The molecular weight excluding hydrogens is 448 g/mol. The van der Waals surface area contributed by atoms with Crippen LogP contribution in [0.3, 0.4) is 0 Å². The summed E-state index contributed by atoms with van der Waals surface area (Å²) in [5, 5.41) is 0. The third-order valence-electron chi connectivity index (χ3n) is 7.30. The maximum atomic E-state index is 10.7. The molecular formula is C32H48O4. The predicted molar refractivity (Wildman–Crippen MR) is 148 cm³/mol. The van der Waals surface area contributed by atoms with Crippen molar-refractivity contribution in [2.24, 2.45) is 5.92 Å². The first-order chi connectivity index (χ1) is 16.6. The van der Waals surface area contributed by atoms with Gasteiger partial charge in [0.05, 0.1) is 17.8 Å². The summed E-state index contributed by atoms with van der Waals surface area (Å²) in [5.41, 5.74) is 3.42. The summed E-state index contributed by atoms with van der Waals surface area (Å²) in [6, 6.07) is 17.6. The van der Waals surface area contributed by atoms with E-state index in [4.69, 9.17) is 14.2 Å². The smallest absolute Gasteiger partial charge is 0.293 e. The fraction of sp³-hybridized carbons (Fsp3) is 0.594. The normalized spacial score (nSPS) is 13.2. The molecule has 0 radical (unpaired) electrons. The zero-order valence-electron chi connectivity index (χ0n) is 24.2. The van der Waals surface area contributed by atoms with Crippen LogP contribution in [0.1, 0.15) is 104 Å². The number of carbonyl (C=O) groups is 1. The molecule has 0 aliphatic heterocycles. The van der Waals surface area contributed by atoms with Crippen LogP contribution < -0.4 is 0 Å². The van der Waals surface area contributed by atoms with E-state index < -0.39 is 11.2 Å². The highest BCUT2D eigenvalue weighted by molar-refractivity contribution is 5.41. The van der Waals surface area contributed by atoms with E-state index in [-0.39, 0.29) is 11.0 Å². The van der Waals surface area contributed by atoms with E-state index in [2.05, 4.69) is 104 Å². The summed E-state index contributed by atoms with van der Waals surface area (Å²) < 4.78 is 17.5. The van der Waals surface area contributed by atoms with Crippen molar-refractivity contribution < 1.29 is 19.0 Å². The van der Waals surface area contributed by atoms with Crippen molar-refractivity contribution >= 4 is 6.47 Å². The van der Waals surface area contributed by atoms with Crippen LogP contribution in [-0.4, -0.2) is 25.3 Å². The highest BCUT2D eigenvalue weighted by Gasteiger charge is 2.28. The number of ether oxygens (including phenoxy) is 3. The lowest BCUT2D eigenvalue weighted by atomic mass is 9.77. The minimum absolute atomic E-state index is 0.138. The number of benzene rings is 2. The van der Waals surface area contributed by atoms with Crippen molar-refractivity contribution in [3.63, 3.8) is 0 Å². The van der Waals surface area contributed by atoms with E-state index in [0.717, 1.165) is 18.6 Å². The van der Waals surface area contributed by atoms with E-state index in [1.165, 1.54) is 16.7 Å². The molecule has 2 aromatic carbocycles. The van der Waals surface area contributed by atoms with Crippen molar-refractivity contribution in [2.45, 2.75) is 104 Å². The summed E-state index contributed by atoms with van der Waals surface area (Å²) in [5.74, 6) is 0.641. The lowest BCUT2D eigenvalue weighted by molar-refractivity contribution is -0.143. The molecule has 36 heavy (non-hydrogen) atoms. The van der Waals surface area contributed by atoms with Crippen LogP contribution in [-0.2, 0) is 35.6 Å². The van der Waals surface area contributed by atoms with Gasteiger partial charge in [0.25, 0.3) is 6.47 Å². The van der Waals surface area contributed by atoms with Gasteiger partial charge in [-0.3, -0.25) is 4.79 Å². The van der Waals surface area contributed by atoms with E-state index in [1.807, 2.05) is 13.8 Å². The monoisotopic (exact) mass is 496 g/mol. The minimum Gasteiger partial charge on any atom is -0.462 e. The Kier molecular flexibility index (Phi) is 9.95. The fourth-order valence-electron chi connectivity index (χ4n) is 4.20. The second-order valence-corrected chi connectivity index (χ2v) is 12.4. The average molecular weight is 497 g/mol. The van der Waals surface area contributed by atoms with E-state index >= 15 is 0 Å². The Bertz CT molecular complexity index is 951. The van der Waals surface area contributed by atoms with Crippen LogP contribution in [0, 0.1) is 5.92 Å². The molecule has 0 N–H and O–H groups in total. The van der Waals surface area contributed by atoms with Crippen LogP contribution in [0.2, 0.25) is 0 Å². The fourth-order valence-corrected chi connectivity index (χ4v) is 4.20. The topological polar surface area (TPSA) is 44.8 Å². The van der Waals surface area contributed by atoms with Crippen molar-refractivity contribution in [3.8, 4) is 0 Å². The molecule has 0 saturated heterocycles. The highest BCUT2D eigenvalue weighted by atomic mass is 16.5.